The Balaban J connectivity index is 1.96. The molecule has 35 heavy (non-hydrogen) atoms. The third-order valence-electron chi connectivity index (χ3n) is 7.02. The molecule has 0 atom stereocenters. The van der Waals surface area contributed by atoms with Gasteiger partial charge in [-0.3, -0.25) is 14.5 Å². The molecule has 0 aromatic heterocycles. The topological polar surface area (TPSA) is 40.6 Å². The minimum absolute atomic E-state index is 0.0748. The molecule has 0 radical (unpaired) electrons. The van der Waals surface area contributed by atoms with Crippen LogP contribution in [0.1, 0.15) is 62.8 Å². The van der Waals surface area contributed by atoms with Gasteiger partial charge in [-0.05, 0) is 70.7 Å². The maximum atomic E-state index is 14.4. The minimum Gasteiger partial charge on any atom is -0.378 e. The van der Waals surface area contributed by atoms with E-state index in [-0.39, 0.29) is 16.8 Å². The molecule has 4 nitrogen and oxygen atoms in total. The first-order valence-corrected chi connectivity index (χ1v) is 12.2. The predicted molar refractivity (Wildman–Crippen MR) is 136 cm³/mol. The number of amides is 1. The Morgan fingerprint density at radius 3 is 2.14 bits per heavy atom. The number of carbonyl (C=O) groups is 2. The summed E-state index contributed by atoms with van der Waals surface area (Å²) in [7, 11) is 3.73. The monoisotopic (exact) mass is 502 g/mol. The van der Waals surface area contributed by atoms with Crippen molar-refractivity contribution >= 4 is 39.6 Å². The number of nitrogens with zero attached hydrogens (tertiary/aromatic N) is 2. The van der Waals surface area contributed by atoms with Crippen molar-refractivity contribution in [2.75, 3.05) is 23.9 Å². The van der Waals surface area contributed by atoms with Crippen molar-refractivity contribution in [2.45, 2.75) is 57.5 Å². The molecule has 1 aliphatic carbocycles. The van der Waals surface area contributed by atoms with Gasteiger partial charge in [0.1, 0.15) is 5.70 Å². The van der Waals surface area contributed by atoms with Gasteiger partial charge in [0, 0.05) is 31.5 Å². The lowest BCUT2D eigenvalue weighted by molar-refractivity contribution is -0.137. The molecule has 0 spiro atoms. The van der Waals surface area contributed by atoms with Crippen molar-refractivity contribution in [3.05, 3.63) is 64.3 Å². The number of rotatable bonds is 3. The van der Waals surface area contributed by atoms with E-state index >= 15 is 0 Å². The van der Waals surface area contributed by atoms with Crippen LogP contribution in [0.25, 0.3) is 6.08 Å². The van der Waals surface area contributed by atoms with Crippen LogP contribution in [0, 0.1) is 0 Å². The molecule has 0 N–H and O–H groups in total. The number of thioether (sulfide) groups is 1. The number of carbonyl (C=O) groups excluding carboxylic acids is 2. The second-order valence-corrected chi connectivity index (χ2v) is 11.6. The van der Waals surface area contributed by atoms with E-state index in [9.17, 15) is 22.8 Å². The summed E-state index contributed by atoms with van der Waals surface area (Å²) in [5.74, 6) is 0. The second kappa shape index (κ2) is 8.43. The zero-order chi connectivity index (χ0) is 25.9. The van der Waals surface area contributed by atoms with E-state index in [1.54, 1.807) is 12.1 Å². The summed E-state index contributed by atoms with van der Waals surface area (Å²) in [5.41, 5.74) is 0.828. The van der Waals surface area contributed by atoms with E-state index < -0.39 is 27.5 Å². The van der Waals surface area contributed by atoms with Crippen LogP contribution in [-0.4, -0.2) is 24.4 Å². The molecule has 1 amide bonds. The molecule has 1 fully saturated rings. The molecule has 1 aliphatic heterocycles. The smallest absolute Gasteiger partial charge is 0.378 e. The first-order valence-electron chi connectivity index (χ1n) is 11.4. The van der Waals surface area contributed by atoms with Crippen molar-refractivity contribution in [2.24, 2.45) is 0 Å². The molecule has 1 saturated heterocycles. The molecule has 4 rings (SSSR count). The Morgan fingerprint density at radius 2 is 1.57 bits per heavy atom. The predicted octanol–water partition coefficient (Wildman–Crippen LogP) is 7.36. The van der Waals surface area contributed by atoms with Gasteiger partial charge in [0.25, 0.3) is 5.24 Å². The van der Waals surface area contributed by atoms with Gasteiger partial charge in [-0.15, -0.1) is 0 Å². The quantitative estimate of drug-likeness (QED) is 0.411. The lowest BCUT2D eigenvalue weighted by Gasteiger charge is -2.43. The SMILES string of the molecule is CN(C)c1cccc(C=C2C(=O)SC(=O)N2c2cc3c(cc2C(F)(F)F)C(C)(C)CCC3(C)C)c1. The summed E-state index contributed by atoms with van der Waals surface area (Å²) in [4.78, 5) is 28.6. The second-order valence-electron chi connectivity index (χ2n) is 10.7. The fourth-order valence-corrected chi connectivity index (χ4v) is 5.48. The average Bonchev–Trinajstić information content (AvgIpc) is 3.03. The summed E-state index contributed by atoms with van der Waals surface area (Å²) in [6.45, 7) is 7.91. The molecule has 0 unspecified atom stereocenters. The van der Waals surface area contributed by atoms with E-state index in [2.05, 4.69) is 0 Å². The number of anilines is 2. The Morgan fingerprint density at radius 1 is 0.971 bits per heavy atom. The van der Waals surface area contributed by atoms with Crippen molar-refractivity contribution < 1.29 is 22.8 Å². The highest BCUT2D eigenvalue weighted by molar-refractivity contribution is 8.27. The van der Waals surface area contributed by atoms with Crippen LogP contribution in [0.4, 0.5) is 29.3 Å². The Labute approximate surface area is 208 Å². The van der Waals surface area contributed by atoms with Gasteiger partial charge in [-0.25, -0.2) is 0 Å². The molecule has 2 aromatic rings. The highest BCUT2D eigenvalue weighted by Crippen LogP contribution is 2.51. The van der Waals surface area contributed by atoms with Gasteiger partial charge in [0.15, 0.2) is 0 Å². The van der Waals surface area contributed by atoms with Crippen molar-refractivity contribution in [1.82, 2.24) is 0 Å². The first kappa shape index (κ1) is 25.4. The van der Waals surface area contributed by atoms with Crippen LogP contribution in [0.15, 0.2) is 42.1 Å². The minimum atomic E-state index is -4.70. The molecule has 2 aliphatic rings. The standard InChI is InChI=1S/C27H29F3N2O2S/c1-25(2)10-11-26(3,4)19-15-21(20(14-18(19)25)27(28,29)30)32-22(23(33)35-24(32)34)13-16-8-7-9-17(12-16)31(5)6/h7-9,12-15H,10-11H2,1-6H3. The van der Waals surface area contributed by atoms with Crippen LogP contribution in [-0.2, 0) is 21.8 Å². The van der Waals surface area contributed by atoms with Gasteiger partial charge in [-0.1, -0.05) is 39.8 Å². The van der Waals surface area contributed by atoms with Gasteiger partial charge in [0.05, 0.1) is 11.3 Å². The Kier molecular flexibility index (Phi) is 6.11. The zero-order valence-corrected chi connectivity index (χ0v) is 21.5. The third-order valence-corrected chi connectivity index (χ3v) is 7.77. The molecule has 2 aromatic carbocycles. The maximum Gasteiger partial charge on any atom is 0.418 e. The highest BCUT2D eigenvalue weighted by Gasteiger charge is 2.46. The Hall–Kier alpha value is -2.74. The highest BCUT2D eigenvalue weighted by atomic mass is 32.2. The molecule has 1 heterocycles. The van der Waals surface area contributed by atoms with Gasteiger partial charge in [-0.2, -0.15) is 13.2 Å². The van der Waals surface area contributed by atoms with Crippen LogP contribution in [0.2, 0.25) is 0 Å². The molecule has 186 valence electrons. The number of alkyl halides is 3. The van der Waals surface area contributed by atoms with E-state index in [0.29, 0.717) is 22.9 Å². The summed E-state index contributed by atoms with van der Waals surface area (Å²) < 4.78 is 43.1. The molecular formula is C27H29F3N2O2S. The summed E-state index contributed by atoms with van der Waals surface area (Å²) >= 11 is 0.420. The van der Waals surface area contributed by atoms with Crippen molar-refractivity contribution in [3.8, 4) is 0 Å². The summed E-state index contributed by atoms with van der Waals surface area (Å²) in [6, 6.07) is 9.92. The zero-order valence-electron chi connectivity index (χ0n) is 20.7. The number of hydrogen-bond donors (Lipinski definition) is 0. The van der Waals surface area contributed by atoms with Crippen LogP contribution < -0.4 is 9.80 Å². The molecular weight excluding hydrogens is 473 g/mol. The fraction of sp³-hybridized carbons (Fsp3) is 0.407. The fourth-order valence-electron chi connectivity index (χ4n) is 4.78. The van der Waals surface area contributed by atoms with Crippen LogP contribution >= 0.6 is 11.8 Å². The van der Waals surface area contributed by atoms with Crippen LogP contribution in [0.3, 0.4) is 0 Å². The maximum absolute atomic E-state index is 14.4. The van der Waals surface area contributed by atoms with E-state index in [4.69, 9.17) is 0 Å². The average molecular weight is 503 g/mol. The van der Waals surface area contributed by atoms with Crippen molar-refractivity contribution in [3.63, 3.8) is 0 Å². The Bertz CT molecular complexity index is 1250. The lowest BCUT2D eigenvalue weighted by atomic mass is 9.62. The van der Waals surface area contributed by atoms with Gasteiger partial charge < -0.3 is 4.90 Å². The normalized spacial score (nSPS) is 20.4. The third kappa shape index (κ3) is 4.60. The molecule has 0 saturated carbocycles. The summed E-state index contributed by atoms with van der Waals surface area (Å²) in [5, 5.41) is -1.31. The number of fused-ring (bicyclic) bond motifs is 1. The largest absolute Gasteiger partial charge is 0.418 e. The van der Waals surface area contributed by atoms with E-state index in [1.807, 2.05) is 58.8 Å². The van der Waals surface area contributed by atoms with E-state index in [1.165, 1.54) is 18.2 Å². The molecule has 8 heteroatoms. The number of hydrogen-bond acceptors (Lipinski definition) is 4. The van der Waals surface area contributed by atoms with Crippen molar-refractivity contribution in [1.29, 1.82) is 0 Å². The number of halogens is 3. The van der Waals surface area contributed by atoms with E-state index in [0.717, 1.165) is 29.0 Å². The van der Waals surface area contributed by atoms with Gasteiger partial charge in [0.2, 0.25) is 5.12 Å². The number of benzene rings is 2. The first-order chi connectivity index (χ1) is 16.1. The lowest BCUT2D eigenvalue weighted by Crippen LogP contribution is -2.35. The summed E-state index contributed by atoms with van der Waals surface area (Å²) in [6.07, 6.45) is -1.65. The van der Waals surface area contributed by atoms with Gasteiger partial charge >= 0.3 is 6.18 Å². The van der Waals surface area contributed by atoms with Crippen LogP contribution in [0.5, 0.6) is 0 Å². The molecule has 0 bridgehead atoms.